The van der Waals surface area contributed by atoms with Gasteiger partial charge in [0.2, 0.25) is 0 Å². The van der Waals surface area contributed by atoms with E-state index in [9.17, 15) is 0 Å². The highest BCUT2D eigenvalue weighted by Gasteiger charge is 1.65. The van der Waals surface area contributed by atoms with E-state index in [4.69, 9.17) is 11.2 Å². The first-order valence-electron chi connectivity index (χ1n) is 1.30. The zero-order valence-corrected chi connectivity index (χ0v) is 4.47. The van der Waals surface area contributed by atoms with Crippen LogP contribution in [0.3, 0.4) is 0 Å². The molecule has 0 unspecified atom stereocenters. The summed E-state index contributed by atoms with van der Waals surface area (Å²) in [6.45, 7) is 3.46. The predicted octanol–water partition coefficient (Wildman–Crippen LogP) is 2.27. The molecule has 5 heavy (non-hydrogen) atoms. The van der Waals surface area contributed by atoms with Crippen LogP contribution in [0.25, 0.3) is 0 Å². The molecule has 1 radical (unpaired) electrons. The molecule has 0 nitrogen and oxygen atoms in total. The van der Waals surface area contributed by atoms with Gasteiger partial charge in [0.1, 0.15) is 0 Å². The Morgan fingerprint density at radius 2 is 2.60 bits per heavy atom. The summed E-state index contributed by atoms with van der Waals surface area (Å²) in [5, 5.41) is 0. The van der Waals surface area contributed by atoms with Crippen molar-refractivity contribution in [2.45, 2.75) is 0 Å². The summed E-state index contributed by atoms with van der Waals surface area (Å²) < 4.78 is 0. The number of allylic oxidation sites excluding steroid dienone is 1. The van der Waals surface area contributed by atoms with Gasteiger partial charge in [-0.05, 0) is 0 Å². The van der Waals surface area contributed by atoms with Crippen LogP contribution in [0.2, 0.25) is 0 Å². The Labute approximate surface area is 38.8 Å². The average molecular weight is 108 g/mol. The van der Waals surface area contributed by atoms with Crippen LogP contribution in [-0.4, -0.2) is 6.16 Å². The maximum atomic E-state index is 5.20. The van der Waals surface area contributed by atoms with E-state index in [1.165, 1.54) is 0 Å². The van der Waals surface area contributed by atoms with E-state index >= 15 is 0 Å². The van der Waals surface area contributed by atoms with Crippen LogP contribution >= 0.6 is 19.2 Å². The molecule has 0 aliphatic heterocycles. The van der Waals surface area contributed by atoms with E-state index in [1.54, 1.807) is 6.08 Å². The molecule has 0 heterocycles. The number of hydrogen-bond acceptors (Lipinski definition) is 0. The number of halogens is 1. The minimum Gasteiger partial charge on any atom is -0.103 e. The molecule has 0 fully saturated rings. The van der Waals surface area contributed by atoms with Crippen LogP contribution in [-0.2, 0) is 0 Å². The lowest BCUT2D eigenvalue weighted by molar-refractivity contribution is 1.83. The van der Waals surface area contributed by atoms with Crippen molar-refractivity contribution in [1.29, 1.82) is 0 Å². The quantitative estimate of drug-likeness (QED) is 0.375. The maximum Gasteiger partial charge on any atom is 0.0350 e. The monoisotopic (exact) mass is 107 g/mol. The highest BCUT2D eigenvalue weighted by atomic mass is 35.7. The van der Waals surface area contributed by atoms with E-state index in [0.29, 0.717) is 0 Å². The van der Waals surface area contributed by atoms with Crippen LogP contribution < -0.4 is 0 Å². The Bertz CT molecular complexity index is 28.1. The molecule has 0 aromatic rings. The van der Waals surface area contributed by atoms with Gasteiger partial charge < -0.3 is 0 Å². The molecule has 29 valence electrons. The summed E-state index contributed by atoms with van der Waals surface area (Å²) >= 11 is 5.20. The molecule has 0 bridgehead atoms. The van der Waals surface area contributed by atoms with E-state index in [-0.39, 0.29) is 0 Å². The smallest absolute Gasteiger partial charge is 0.0350 e. The van der Waals surface area contributed by atoms with Crippen LogP contribution in [0, 0.1) is 0 Å². The van der Waals surface area contributed by atoms with Gasteiger partial charge in [0.25, 0.3) is 0 Å². The van der Waals surface area contributed by atoms with Gasteiger partial charge in [-0.3, -0.25) is 0 Å². The van der Waals surface area contributed by atoms with Crippen molar-refractivity contribution in [3.8, 4) is 0 Å². The van der Waals surface area contributed by atoms with Crippen LogP contribution in [0.1, 0.15) is 0 Å². The van der Waals surface area contributed by atoms with Crippen molar-refractivity contribution in [2.24, 2.45) is 0 Å². The fourth-order valence-corrected chi connectivity index (χ4v) is 0.439. The second kappa shape index (κ2) is 4.46. The van der Waals surface area contributed by atoms with Gasteiger partial charge in [-0.15, -0.1) is 6.58 Å². The van der Waals surface area contributed by atoms with Crippen LogP contribution in [0.15, 0.2) is 12.7 Å². The Balaban J connectivity index is 2.40. The lowest BCUT2D eigenvalue weighted by Crippen LogP contribution is -1.48. The standard InChI is InChI=1S/C3H5ClP/c1-2-3-5-4/h2H,1,3H2. The third-order valence-electron chi connectivity index (χ3n) is 0.198. The maximum absolute atomic E-state index is 5.20. The van der Waals surface area contributed by atoms with Gasteiger partial charge in [0.05, 0.1) is 0 Å². The Morgan fingerprint density at radius 1 is 2.00 bits per heavy atom. The Hall–Kier alpha value is 0.460. The van der Waals surface area contributed by atoms with Crippen LogP contribution in [0.5, 0.6) is 0 Å². The first-order valence-corrected chi connectivity index (χ1v) is 3.29. The zero-order valence-electron chi connectivity index (χ0n) is 2.82. The molecule has 0 aromatic heterocycles. The Kier molecular flexibility index (Phi) is 4.87. The minimum absolute atomic E-state index is 0.884. The van der Waals surface area contributed by atoms with Crippen molar-refractivity contribution in [3.63, 3.8) is 0 Å². The minimum atomic E-state index is 0.884. The molecule has 0 aromatic carbocycles. The third-order valence-corrected chi connectivity index (χ3v) is 1.01. The van der Waals surface area contributed by atoms with Crippen LogP contribution in [0.4, 0.5) is 0 Å². The molecular weight excluding hydrogens is 102 g/mol. The molecule has 0 atom stereocenters. The lowest BCUT2D eigenvalue weighted by atomic mass is 10.8. The van der Waals surface area contributed by atoms with Gasteiger partial charge in [-0.25, -0.2) is 0 Å². The molecule has 0 saturated heterocycles. The molecule has 0 aliphatic rings. The average Bonchev–Trinajstić information content (AvgIpc) is 1.41. The topological polar surface area (TPSA) is 0 Å². The summed E-state index contributed by atoms with van der Waals surface area (Å²) in [4.78, 5) is 0. The van der Waals surface area contributed by atoms with E-state index in [2.05, 4.69) is 6.58 Å². The molecule has 2 heteroatoms. The van der Waals surface area contributed by atoms with Crippen molar-refractivity contribution in [3.05, 3.63) is 12.7 Å². The van der Waals surface area contributed by atoms with Gasteiger partial charge in [-0.2, -0.15) is 0 Å². The fraction of sp³-hybridized carbons (Fsp3) is 0.333. The Morgan fingerprint density at radius 3 is 2.60 bits per heavy atom. The number of hydrogen-bond donors (Lipinski definition) is 0. The van der Waals surface area contributed by atoms with Crippen molar-refractivity contribution < 1.29 is 0 Å². The predicted molar refractivity (Wildman–Crippen MR) is 27.8 cm³/mol. The first-order chi connectivity index (χ1) is 2.41. The molecule has 0 saturated carbocycles. The van der Waals surface area contributed by atoms with E-state index < -0.39 is 0 Å². The largest absolute Gasteiger partial charge is 0.103 e. The van der Waals surface area contributed by atoms with Crippen molar-refractivity contribution >= 4 is 19.2 Å². The molecule has 0 aliphatic carbocycles. The SMILES string of the molecule is C=CC[P]Cl. The normalized spacial score (nSPS) is 9.80. The summed E-state index contributed by atoms with van der Waals surface area (Å²) in [5.41, 5.74) is 0. The molecule has 0 rings (SSSR count). The van der Waals surface area contributed by atoms with Crippen molar-refractivity contribution in [1.82, 2.24) is 0 Å². The zero-order chi connectivity index (χ0) is 4.12. The molecule has 0 amide bonds. The summed E-state index contributed by atoms with van der Waals surface area (Å²) in [6, 6.07) is 0. The van der Waals surface area contributed by atoms with Crippen molar-refractivity contribution in [2.75, 3.05) is 6.16 Å². The van der Waals surface area contributed by atoms with Gasteiger partial charge in [0, 0.05) is 14.1 Å². The van der Waals surface area contributed by atoms with E-state index in [1.807, 2.05) is 0 Å². The highest BCUT2D eigenvalue weighted by molar-refractivity contribution is 7.68. The number of rotatable bonds is 2. The summed E-state index contributed by atoms with van der Waals surface area (Å²) in [5.74, 6) is 0. The second-order valence-corrected chi connectivity index (χ2v) is 1.91. The first kappa shape index (κ1) is 5.46. The molecule has 0 spiro atoms. The van der Waals surface area contributed by atoms with Gasteiger partial charge >= 0.3 is 0 Å². The molecular formula is C3H5ClP. The summed E-state index contributed by atoms with van der Waals surface area (Å²) in [6.07, 6.45) is 2.68. The lowest BCUT2D eigenvalue weighted by Gasteiger charge is -1.69. The summed E-state index contributed by atoms with van der Waals surface area (Å²) in [7, 11) is 0.884. The molecule has 0 N–H and O–H groups in total. The van der Waals surface area contributed by atoms with E-state index in [0.717, 1.165) is 14.1 Å². The third kappa shape index (κ3) is 4.46. The van der Waals surface area contributed by atoms with Gasteiger partial charge in [0.15, 0.2) is 0 Å². The highest BCUT2D eigenvalue weighted by Crippen LogP contribution is 2.13. The van der Waals surface area contributed by atoms with Gasteiger partial charge in [-0.1, -0.05) is 17.3 Å². The second-order valence-electron chi connectivity index (χ2n) is 0.591. The fourth-order valence-electron chi connectivity index (χ4n) is 0.0488.